The molecule has 1 aliphatic heterocycles. The fourth-order valence-corrected chi connectivity index (χ4v) is 2.88. The molecule has 2 amide bonds. The lowest BCUT2D eigenvalue weighted by Gasteiger charge is -2.22. The Labute approximate surface area is 163 Å². The van der Waals surface area contributed by atoms with Gasteiger partial charge in [0.15, 0.2) is 0 Å². The number of urea groups is 1. The summed E-state index contributed by atoms with van der Waals surface area (Å²) in [5, 5.41) is 14.4. The van der Waals surface area contributed by atoms with Crippen LogP contribution in [0.3, 0.4) is 0 Å². The van der Waals surface area contributed by atoms with Crippen LogP contribution in [0.25, 0.3) is 0 Å². The molecule has 3 rings (SSSR count). The Kier molecular flexibility index (Phi) is 6.86. The van der Waals surface area contributed by atoms with Crippen molar-refractivity contribution in [3.05, 3.63) is 59.7 Å². The first-order valence-corrected chi connectivity index (χ1v) is 9.28. The van der Waals surface area contributed by atoms with Gasteiger partial charge in [-0.2, -0.15) is 0 Å². The molecule has 7 heteroatoms. The number of carbonyl (C=O) groups is 2. The van der Waals surface area contributed by atoms with Gasteiger partial charge in [-0.05, 0) is 60.7 Å². The molecule has 1 saturated heterocycles. The van der Waals surface area contributed by atoms with Crippen molar-refractivity contribution >= 4 is 17.7 Å². The first-order chi connectivity index (χ1) is 13.6. The zero-order chi connectivity index (χ0) is 19.8. The topological polar surface area (TPSA) is 96.9 Å². The maximum atomic E-state index is 12.0. The van der Waals surface area contributed by atoms with Crippen LogP contribution < -0.4 is 15.4 Å². The molecule has 0 spiro atoms. The number of carboxylic acid groups (broad SMARTS) is 1. The number of hydrogen-bond acceptors (Lipinski definition) is 4. The van der Waals surface area contributed by atoms with Crippen LogP contribution in [0.2, 0.25) is 0 Å². The monoisotopic (exact) mass is 384 g/mol. The number of benzene rings is 2. The first kappa shape index (κ1) is 19.7. The third-order valence-electron chi connectivity index (χ3n) is 4.59. The zero-order valence-corrected chi connectivity index (χ0v) is 15.5. The van der Waals surface area contributed by atoms with Crippen molar-refractivity contribution in [1.82, 2.24) is 5.32 Å². The highest BCUT2D eigenvalue weighted by molar-refractivity contribution is 5.89. The summed E-state index contributed by atoms with van der Waals surface area (Å²) in [5.41, 5.74) is 1.70. The van der Waals surface area contributed by atoms with Gasteiger partial charge in [-0.3, -0.25) is 0 Å². The third kappa shape index (κ3) is 5.99. The predicted octanol–water partition coefficient (Wildman–Crippen LogP) is 3.51. The molecule has 0 radical (unpaired) electrons. The van der Waals surface area contributed by atoms with Gasteiger partial charge in [-0.1, -0.05) is 12.1 Å². The van der Waals surface area contributed by atoms with E-state index in [1.165, 1.54) is 12.1 Å². The summed E-state index contributed by atoms with van der Waals surface area (Å²) >= 11 is 0. The Morgan fingerprint density at radius 2 is 1.71 bits per heavy atom. The molecule has 2 aromatic rings. The van der Waals surface area contributed by atoms with Crippen molar-refractivity contribution in [2.45, 2.75) is 19.4 Å². The summed E-state index contributed by atoms with van der Waals surface area (Å²) in [7, 11) is 0. The van der Waals surface area contributed by atoms with E-state index < -0.39 is 5.97 Å². The number of aromatic carboxylic acids is 1. The van der Waals surface area contributed by atoms with Crippen LogP contribution in [0.5, 0.6) is 5.75 Å². The van der Waals surface area contributed by atoms with Crippen molar-refractivity contribution in [3.63, 3.8) is 0 Å². The summed E-state index contributed by atoms with van der Waals surface area (Å²) in [5.74, 6) is 0.329. The largest absolute Gasteiger partial charge is 0.493 e. The third-order valence-corrected chi connectivity index (χ3v) is 4.59. The SMILES string of the molecule is O=C(NCc1ccc(C(=O)O)cc1)Nc1ccc(OCC2CCOCC2)cc1. The Hall–Kier alpha value is -3.06. The maximum absolute atomic E-state index is 12.0. The van der Waals surface area contributed by atoms with Gasteiger partial charge in [-0.25, -0.2) is 9.59 Å². The molecule has 0 unspecified atom stereocenters. The maximum Gasteiger partial charge on any atom is 0.335 e. The average molecular weight is 384 g/mol. The normalized spacial score (nSPS) is 14.3. The van der Waals surface area contributed by atoms with Crippen LogP contribution in [-0.2, 0) is 11.3 Å². The van der Waals surface area contributed by atoms with E-state index in [0.717, 1.165) is 37.4 Å². The van der Waals surface area contributed by atoms with Gasteiger partial charge in [0.25, 0.3) is 0 Å². The summed E-state index contributed by atoms with van der Waals surface area (Å²) in [4.78, 5) is 22.9. The van der Waals surface area contributed by atoms with Crippen molar-refractivity contribution in [2.75, 3.05) is 25.1 Å². The van der Waals surface area contributed by atoms with E-state index in [2.05, 4.69) is 10.6 Å². The molecule has 3 N–H and O–H groups in total. The molecule has 0 aliphatic carbocycles. The molecule has 0 saturated carbocycles. The summed E-state index contributed by atoms with van der Waals surface area (Å²) < 4.78 is 11.2. The summed E-state index contributed by atoms with van der Waals surface area (Å²) in [6.45, 7) is 2.58. The standard InChI is InChI=1S/C21H24N2O5/c24-20(25)17-3-1-15(2-4-17)13-22-21(26)23-18-5-7-19(8-6-18)28-14-16-9-11-27-12-10-16/h1-8,16H,9-14H2,(H,24,25)(H2,22,23,26). The molecular formula is C21H24N2O5. The smallest absolute Gasteiger partial charge is 0.335 e. The van der Waals surface area contributed by atoms with Gasteiger partial charge >= 0.3 is 12.0 Å². The highest BCUT2D eigenvalue weighted by atomic mass is 16.5. The second kappa shape index (κ2) is 9.75. The van der Waals surface area contributed by atoms with E-state index in [1.807, 2.05) is 12.1 Å². The molecule has 148 valence electrons. The van der Waals surface area contributed by atoms with E-state index in [1.54, 1.807) is 24.3 Å². The lowest BCUT2D eigenvalue weighted by molar-refractivity contribution is 0.0497. The van der Waals surface area contributed by atoms with Crippen LogP contribution in [0.15, 0.2) is 48.5 Å². The van der Waals surface area contributed by atoms with Gasteiger partial charge in [0.1, 0.15) is 5.75 Å². The van der Waals surface area contributed by atoms with Crippen molar-refractivity contribution in [1.29, 1.82) is 0 Å². The minimum atomic E-state index is -0.975. The molecule has 7 nitrogen and oxygen atoms in total. The average Bonchev–Trinajstić information content (AvgIpc) is 2.73. The Bertz CT molecular complexity index is 783. The summed E-state index contributed by atoms with van der Waals surface area (Å²) in [6, 6.07) is 13.3. The van der Waals surface area contributed by atoms with Gasteiger partial charge in [0, 0.05) is 25.4 Å². The van der Waals surface area contributed by atoms with E-state index in [9.17, 15) is 9.59 Å². The van der Waals surface area contributed by atoms with Crippen molar-refractivity contribution < 1.29 is 24.2 Å². The molecule has 1 heterocycles. The Morgan fingerprint density at radius 1 is 1.04 bits per heavy atom. The van der Waals surface area contributed by atoms with E-state index >= 15 is 0 Å². The molecule has 2 aromatic carbocycles. The number of rotatable bonds is 7. The van der Waals surface area contributed by atoms with Crippen molar-refractivity contribution in [2.24, 2.45) is 5.92 Å². The quantitative estimate of drug-likeness (QED) is 0.679. The first-order valence-electron chi connectivity index (χ1n) is 9.28. The van der Waals surface area contributed by atoms with Crippen LogP contribution in [0, 0.1) is 5.92 Å². The zero-order valence-electron chi connectivity index (χ0n) is 15.5. The van der Waals surface area contributed by atoms with Crippen LogP contribution in [0.4, 0.5) is 10.5 Å². The number of carbonyl (C=O) groups excluding carboxylic acids is 1. The molecular weight excluding hydrogens is 360 g/mol. The minimum absolute atomic E-state index is 0.215. The molecule has 0 atom stereocenters. The van der Waals surface area contributed by atoms with E-state index in [4.69, 9.17) is 14.6 Å². The van der Waals surface area contributed by atoms with Gasteiger partial charge in [0.05, 0.1) is 12.2 Å². The van der Waals surface area contributed by atoms with E-state index in [0.29, 0.717) is 24.8 Å². The molecule has 0 aromatic heterocycles. The number of nitrogens with one attached hydrogen (secondary N) is 2. The second-order valence-electron chi connectivity index (χ2n) is 6.70. The molecule has 1 fully saturated rings. The van der Waals surface area contributed by atoms with Crippen LogP contribution in [0.1, 0.15) is 28.8 Å². The van der Waals surface area contributed by atoms with Crippen LogP contribution >= 0.6 is 0 Å². The molecule has 28 heavy (non-hydrogen) atoms. The summed E-state index contributed by atoms with van der Waals surface area (Å²) in [6.07, 6.45) is 2.05. The number of carboxylic acids is 1. The number of hydrogen-bond donors (Lipinski definition) is 3. The lowest BCUT2D eigenvalue weighted by atomic mass is 10.0. The van der Waals surface area contributed by atoms with Gasteiger partial charge < -0.3 is 25.2 Å². The Balaban J connectivity index is 1.41. The number of ether oxygens (including phenoxy) is 2. The van der Waals surface area contributed by atoms with Gasteiger partial charge in [-0.15, -0.1) is 0 Å². The Morgan fingerprint density at radius 3 is 2.36 bits per heavy atom. The van der Waals surface area contributed by atoms with Crippen LogP contribution in [-0.4, -0.2) is 36.9 Å². The number of amides is 2. The van der Waals surface area contributed by atoms with Crippen molar-refractivity contribution in [3.8, 4) is 5.75 Å². The fraction of sp³-hybridized carbons (Fsp3) is 0.333. The van der Waals surface area contributed by atoms with E-state index in [-0.39, 0.29) is 11.6 Å². The predicted molar refractivity (Wildman–Crippen MR) is 105 cm³/mol. The lowest BCUT2D eigenvalue weighted by Crippen LogP contribution is -2.28. The number of anilines is 1. The van der Waals surface area contributed by atoms with Gasteiger partial charge in [0.2, 0.25) is 0 Å². The molecule has 1 aliphatic rings. The minimum Gasteiger partial charge on any atom is -0.493 e. The fourth-order valence-electron chi connectivity index (χ4n) is 2.88. The second-order valence-corrected chi connectivity index (χ2v) is 6.70. The highest BCUT2D eigenvalue weighted by Gasteiger charge is 2.14. The highest BCUT2D eigenvalue weighted by Crippen LogP contribution is 2.19. The molecule has 0 bridgehead atoms.